The number of unbranched alkanes of at least 4 members (excludes halogenated alkanes) is 1. The number of esters is 1. The number of hydrogen-bond acceptors (Lipinski definition) is 7. The highest BCUT2D eigenvalue weighted by atomic mass is 16.5. The molecule has 1 fully saturated rings. The van der Waals surface area contributed by atoms with Crippen molar-refractivity contribution in [3.05, 3.63) is 71.9 Å². The van der Waals surface area contributed by atoms with Crippen LogP contribution in [-0.2, 0) is 35.9 Å². The number of para-hydroxylation sites is 1. The monoisotopic (exact) mass is 630 g/mol. The number of fused-ring (bicyclic) bond motifs is 2. The zero-order valence-electron chi connectivity index (χ0n) is 26.3. The quantitative estimate of drug-likeness (QED) is 0.127. The zero-order chi connectivity index (χ0) is 32.8. The third kappa shape index (κ3) is 6.70. The standard InChI is InChI=1S/C35H42N4O7/c1-23(9-7-13-32(42)38-18-8-10-26(38)22-40)35(45)28-20-25(37-31(41)19-24-21-36-29-12-4-3-11-27(24)29)15-16-30(28)39(34(35)44)17-6-5-14-33(43)46-2/h3-4,7,9,11-12,15-16,20-21,23,26,36,40,45H,5-6,8,10,13-14,17-19,22H2,1-2H3,(H,37,41)/b9-7+/t23-,26-,35+/m0/s1. The number of aromatic amines is 1. The Hall–Kier alpha value is -4.48. The maximum Gasteiger partial charge on any atom is 0.305 e. The number of aromatic nitrogens is 1. The zero-order valence-corrected chi connectivity index (χ0v) is 26.3. The summed E-state index contributed by atoms with van der Waals surface area (Å²) < 4.78 is 4.72. The minimum absolute atomic E-state index is 0.0764. The highest BCUT2D eigenvalue weighted by Crippen LogP contribution is 2.46. The molecular formula is C35H42N4O7. The second kappa shape index (κ2) is 14.3. The van der Waals surface area contributed by atoms with E-state index in [9.17, 15) is 29.4 Å². The van der Waals surface area contributed by atoms with Crippen LogP contribution in [0.3, 0.4) is 0 Å². The number of anilines is 2. The molecule has 2 aliphatic heterocycles. The fourth-order valence-corrected chi connectivity index (χ4v) is 6.53. The van der Waals surface area contributed by atoms with Crippen LogP contribution in [0.2, 0.25) is 0 Å². The first-order valence-corrected chi connectivity index (χ1v) is 15.8. The number of nitrogens with one attached hydrogen (secondary N) is 2. The molecule has 1 aromatic heterocycles. The summed E-state index contributed by atoms with van der Waals surface area (Å²) in [7, 11) is 1.33. The molecule has 3 amide bonds. The lowest BCUT2D eigenvalue weighted by Gasteiger charge is -2.28. The first-order valence-electron chi connectivity index (χ1n) is 15.8. The Labute approximate surface area is 268 Å². The second-order valence-electron chi connectivity index (χ2n) is 12.1. The predicted octanol–water partition coefficient (Wildman–Crippen LogP) is 3.79. The fourth-order valence-electron chi connectivity index (χ4n) is 6.53. The molecule has 11 heteroatoms. The number of methoxy groups -OCH3 is 1. The molecule has 3 aromatic rings. The van der Waals surface area contributed by atoms with Gasteiger partial charge in [0.05, 0.1) is 31.9 Å². The van der Waals surface area contributed by atoms with E-state index in [0.717, 1.165) is 29.3 Å². The minimum Gasteiger partial charge on any atom is -0.469 e. The van der Waals surface area contributed by atoms with Crippen LogP contribution < -0.4 is 10.2 Å². The molecule has 0 aliphatic carbocycles. The molecule has 1 saturated heterocycles. The molecule has 244 valence electrons. The van der Waals surface area contributed by atoms with Crippen molar-refractivity contribution in [3.8, 4) is 0 Å². The lowest BCUT2D eigenvalue weighted by molar-refractivity contribution is -0.140. The minimum atomic E-state index is -1.95. The number of rotatable bonds is 13. The molecule has 2 aromatic carbocycles. The summed E-state index contributed by atoms with van der Waals surface area (Å²) in [5.74, 6) is -1.91. The first kappa shape index (κ1) is 32.9. The summed E-state index contributed by atoms with van der Waals surface area (Å²) >= 11 is 0. The van der Waals surface area contributed by atoms with Crippen molar-refractivity contribution in [3.63, 3.8) is 0 Å². The maximum absolute atomic E-state index is 13.9. The van der Waals surface area contributed by atoms with Crippen LogP contribution in [-0.4, -0.2) is 76.6 Å². The number of nitrogens with zero attached hydrogens (tertiary/aromatic N) is 2. The molecule has 0 unspecified atom stereocenters. The van der Waals surface area contributed by atoms with Gasteiger partial charge in [-0.05, 0) is 55.5 Å². The molecule has 5 rings (SSSR count). The van der Waals surface area contributed by atoms with Gasteiger partial charge in [0.15, 0.2) is 5.60 Å². The lowest BCUT2D eigenvalue weighted by Crippen LogP contribution is -2.44. The topological polar surface area (TPSA) is 152 Å². The van der Waals surface area contributed by atoms with Crippen LogP contribution in [0.25, 0.3) is 10.9 Å². The van der Waals surface area contributed by atoms with Gasteiger partial charge in [-0.25, -0.2) is 0 Å². The summed E-state index contributed by atoms with van der Waals surface area (Å²) in [6.07, 6.45) is 8.23. The van der Waals surface area contributed by atoms with Gasteiger partial charge in [-0.2, -0.15) is 0 Å². The molecule has 46 heavy (non-hydrogen) atoms. The van der Waals surface area contributed by atoms with Gasteiger partial charge in [0.25, 0.3) is 5.91 Å². The van der Waals surface area contributed by atoms with Crippen molar-refractivity contribution < 1.29 is 34.1 Å². The van der Waals surface area contributed by atoms with Gasteiger partial charge < -0.3 is 35.1 Å². The van der Waals surface area contributed by atoms with Crippen molar-refractivity contribution in [2.45, 2.75) is 63.5 Å². The number of aliphatic hydroxyl groups is 2. The fraction of sp³-hybridized carbons (Fsp3) is 0.429. The number of H-pyrrole nitrogens is 1. The van der Waals surface area contributed by atoms with E-state index in [1.807, 2.05) is 30.5 Å². The van der Waals surface area contributed by atoms with Crippen LogP contribution in [0, 0.1) is 5.92 Å². The molecule has 2 aliphatic rings. The third-order valence-corrected chi connectivity index (χ3v) is 9.10. The molecule has 11 nitrogen and oxygen atoms in total. The number of carbonyl (C=O) groups excluding carboxylic acids is 4. The van der Waals surface area contributed by atoms with Gasteiger partial charge in [-0.1, -0.05) is 37.3 Å². The number of ether oxygens (including phenoxy) is 1. The highest BCUT2D eigenvalue weighted by Gasteiger charge is 2.52. The van der Waals surface area contributed by atoms with Gasteiger partial charge in [0.2, 0.25) is 11.8 Å². The number of amides is 3. The number of likely N-dealkylation sites (tertiary alicyclic amines) is 1. The Morgan fingerprint density at radius 2 is 2.00 bits per heavy atom. The van der Waals surface area contributed by atoms with Crippen LogP contribution >= 0.6 is 0 Å². The first-order chi connectivity index (χ1) is 22.2. The molecule has 0 bridgehead atoms. The molecule has 0 radical (unpaired) electrons. The molecule has 3 heterocycles. The summed E-state index contributed by atoms with van der Waals surface area (Å²) in [4.78, 5) is 57.8. The Balaban J connectivity index is 1.35. The van der Waals surface area contributed by atoms with Gasteiger partial charge >= 0.3 is 5.97 Å². The van der Waals surface area contributed by atoms with E-state index in [2.05, 4.69) is 10.3 Å². The Morgan fingerprint density at radius 1 is 1.20 bits per heavy atom. The Morgan fingerprint density at radius 3 is 2.78 bits per heavy atom. The SMILES string of the molecule is COC(=O)CCCCN1C(=O)[C@@](O)([C@@H](C)/C=C/CC(=O)N2CCC[C@H]2CO)c2cc(NC(=O)Cc3c[nH]c4ccccc34)ccc21. The van der Waals surface area contributed by atoms with Crippen LogP contribution in [0.1, 0.15) is 56.6 Å². The average molecular weight is 631 g/mol. The molecular weight excluding hydrogens is 588 g/mol. The van der Waals surface area contributed by atoms with Crippen molar-refractivity contribution >= 4 is 46.0 Å². The lowest BCUT2D eigenvalue weighted by atomic mass is 9.82. The van der Waals surface area contributed by atoms with E-state index in [1.165, 1.54) is 12.0 Å². The van der Waals surface area contributed by atoms with E-state index in [0.29, 0.717) is 36.3 Å². The van der Waals surface area contributed by atoms with Gasteiger partial charge in [0, 0.05) is 60.2 Å². The Kier molecular flexibility index (Phi) is 10.2. The maximum atomic E-state index is 13.9. The van der Waals surface area contributed by atoms with Crippen LogP contribution in [0.5, 0.6) is 0 Å². The summed E-state index contributed by atoms with van der Waals surface area (Å²) in [6.45, 7) is 2.53. The predicted molar refractivity (Wildman–Crippen MR) is 174 cm³/mol. The van der Waals surface area contributed by atoms with E-state index >= 15 is 0 Å². The van der Waals surface area contributed by atoms with Crippen molar-refractivity contribution in [1.82, 2.24) is 9.88 Å². The van der Waals surface area contributed by atoms with E-state index in [-0.39, 0.29) is 56.2 Å². The van der Waals surface area contributed by atoms with Crippen molar-refractivity contribution in [1.29, 1.82) is 0 Å². The van der Waals surface area contributed by atoms with Crippen LogP contribution in [0.15, 0.2) is 60.8 Å². The normalized spacial score (nSPS) is 20.0. The smallest absolute Gasteiger partial charge is 0.305 e. The van der Waals surface area contributed by atoms with Gasteiger partial charge in [-0.3, -0.25) is 19.2 Å². The van der Waals surface area contributed by atoms with Crippen molar-refractivity contribution in [2.75, 3.05) is 37.0 Å². The van der Waals surface area contributed by atoms with E-state index in [1.54, 1.807) is 42.2 Å². The van der Waals surface area contributed by atoms with Gasteiger partial charge in [0.1, 0.15) is 0 Å². The summed E-state index contributed by atoms with van der Waals surface area (Å²) in [6, 6.07) is 12.6. The third-order valence-electron chi connectivity index (χ3n) is 9.10. The highest BCUT2D eigenvalue weighted by molar-refractivity contribution is 6.08. The van der Waals surface area contributed by atoms with E-state index in [4.69, 9.17) is 4.74 Å². The second-order valence-corrected chi connectivity index (χ2v) is 12.1. The Bertz CT molecular complexity index is 1630. The van der Waals surface area contributed by atoms with E-state index < -0.39 is 17.4 Å². The number of carbonyl (C=O) groups is 4. The largest absolute Gasteiger partial charge is 0.469 e. The molecule has 4 N–H and O–H groups in total. The van der Waals surface area contributed by atoms with Gasteiger partial charge in [-0.15, -0.1) is 0 Å². The van der Waals surface area contributed by atoms with Crippen LogP contribution in [0.4, 0.5) is 11.4 Å². The molecule has 0 spiro atoms. The number of aliphatic hydroxyl groups excluding tert-OH is 1. The summed E-state index contributed by atoms with van der Waals surface area (Å²) in [5.41, 5.74) is 1.17. The molecule has 3 atom stereocenters. The average Bonchev–Trinajstić information content (AvgIpc) is 3.76. The number of hydrogen-bond donors (Lipinski definition) is 4. The van der Waals surface area contributed by atoms with Crippen molar-refractivity contribution in [2.24, 2.45) is 5.92 Å². The molecule has 0 saturated carbocycles. The number of benzene rings is 2. The summed E-state index contributed by atoms with van der Waals surface area (Å²) in [5, 5.41) is 25.6.